The summed E-state index contributed by atoms with van der Waals surface area (Å²) in [7, 11) is 0. The van der Waals surface area contributed by atoms with Gasteiger partial charge in [-0.3, -0.25) is 9.59 Å². The van der Waals surface area contributed by atoms with Crippen LogP contribution >= 0.6 is 0 Å². The molecule has 26 heavy (non-hydrogen) atoms. The number of hydrogen-bond donors (Lipinski definition) is 2. The Kier molecular flexibility index (Phi) is 5.89. The molecular formula is C21H25N3O2. The number of fused-ring (bicyclic) bond motifs is 1. The number of aryl methyl sites for hydroxylation is 1. The van der Waals surface area contributed by atoms with Crippen molar-refractivity contribution in [3.8, 4) is 0 Å². The molecule has 0 fully saturated rings. The van der Waals surface area contributed by atoms with Gasteiger partial charge >= 0.3 is 0 Å². The maximum Gasteiger partial charge on any atom is 0.227 e. The molecule has 5 heteroatoms. The predicted molar refractivity (Wildman–Crippen MR) is 104 cm³/mol. The zero-order valence-corrected chi connectivity index (χ0v) is 14.9. The fourth-order valence-corrected chi connectivity index (χ4v) is 3.30. The van der Waals surface area contributed by atoms with E-state index in [0.29, 0.717) is 32.2 Å². The maximum absolute atomic E-state index is 12.4. The van der Waals surface area contributed by atoms with Crippen molar-refractivity contribution in [2.24, 2.45) is 0 Å². The summed E-state index contributed by atoms with van der Waals surface area (Å²) < 4.78 is 0. The van der Waals surface area contributed by atoms with Crippen molar-refractivity contribution in [1.29, 1.82) is 0 Å². The fraction of sp³-hybridized carbons (Fsp3) is 0.333. The van der Waals surface area contributed by atoms with Gasteiger partial charge in [-0.1, -0.05) is 36.4 Å². The lowest BCUT2D eigenvalue weighted by molar-refractivity contribution is -0.122. The van der Waals surface area contributed by atoms with Crippen molar-refractivity contribution in [2.75, 3.05) is 23.7 Å². The summed E-state index contributed by atoms with van der Waals surface area (Å²) in [5, 5.41) is 2.89. The van der Waals surface area contributed by atoms with E-state index in [4.69, 9.17) is 5.73 Å². The Labute approximate surface area is 154 Å². The molecule has 1 aliphatic rings. The molecule has 3 N–H and O–H groups in total. The molecule has 5 nitrogen and oxygen atoms in total. The van der Waals surface area contributed by atoms with E-state index in [1.165, 1.54) is 5.56 Å². The number of nitrogen functional groups attached to an aromatic ring is 1. The number of benzene rings is 2. The summed E-state index contributed by atoms with van der Waals surface area (Å²) in [6.07, 6.45) is 3.04. The summed E-state index contributed by atoms with van der Waals surface area (Å²) in [5.41, 5.74) is 9.85. The van der Waals surface area contributed by atoms with Crippen LogP contribution in [-0.4, -0.2) is 24.9 Å². The van der Waals surface area contributed by atoms with Gasteiger partial charge in [0, 0.05) is 37.3 Å². The second-order valence-electron chi connectivity index (χ2n) is 6.58. The summed E-state index contributed by atoms with van der Waals surface area (Å²) in [6, 6.07) is 15.6. The summed E-state index contributed by atoms with van der Waals surface area (Å²) in [4.78, 5) is 26.2. The van der Waals surface area contributed by atoms with E-state index in [9.17, 15) is 9.59 Å². The third-order valence-electron chi connectivity index (χ3n) is 4.75. The van der Waals surface area contributed by atoms with Crippen LogP contribution in [0.2, 0.25) is 0 Å². The highest BCUT2D eigenvalue weighted by molar-refractivity contribution is 5.95. The highest BCUT2D eigenvalue weighted by Crippen LogP contribution is 2.27. The number of carbonyl (C=O) groups excluding carboxylic acids is 2. The van der Waals surface area contributed by atoms with Gasteiger partial charge in [0.15, 0.2) is 0 Å². The van der Waals surface area contributed by atoms with Crippen LogP contribution in [-0.2, 0) is 22.4 Å². The standard InChI is InChI=1S/C21H25N3O2/c22-18-8-3-1-6-16(18)11-12-20(25)23-14-5-10-21(26)24-15-13-17-7-2-4-9-19(17)24/h1-4,6-9H,5,10-15,22H2,(H,23,25). The zero-order valence-electron chi connectivity index (χ0n) is 14.9. The Bertz CT molecular complexity index is 788. The van der Waals surface area contributed by atoms with Crippen molar-refractivity contribution in [3.05, 3.63) is 59.7 Å². The molecule has 2 aromatic rings. The third kappa shape index (κ3) is 4.42. The molecule has 0 saturated heterocycles. The lowest BCUT2D eigenvalue weighted by atomic mass is 10.1. The van der Waals surface area contributed by atoms with Crippen molar-refractivity contribution in [3.63, 3.8) is 0 Å². The average Bonchev–Trinajstić information content (AvgIpc) is 3.08. The van der Waals surface area contributed by atoms with Gasteiger partial charge in [0.25, 0.3) is 0 Å². The molecule has 0 radical (unpaired) electrons. The van der Waals surface area contributed by atoms with Crippen molar-refractivity contribution in [2.45, 2.75) is 32.1 Å². The van der Waals surface area contributed by atoms with Crippen molar-refractivity contribution < 1.29 is 9.59 Å². The van der Waals surface area contributed by atoms with Gasteiger partial charge in [-0.25, -0.2) is 0 Å². The molecular weight excluding hydrogens is 326 g/mol. The Morgan fingerprint density at radius 1 is 1.04 bits per heavy atom. The summed E-state index contributed by atoms with van der Waals surface area (Å²) in [6.45, 7) is 1.27. The van der Waals surface area contributed by atoms with E-state index in [0.717, 1.165) is 29.9 Å². The SMILES string of the molecule is Nc1ccccc1CCC(=O)NCCCC(=O)N1CCc2ccccc21. The molecule has 136 valence electrons. The average molecular weight is 351 g/mol. The first-order valence-electron chi connectivity index (χ1n) is 9.13. The van der Waals surface area contributed by atoms with Gasteiger partial charge in [0.05, 0.1) is 0 Å². The monoisotopic (exact) mass is 351 g/mol. The first-order valence-corrected chi connectivity index (χ1v) is 9.13. The second kappa shape index (κ2) is 8.52. The van der Waals surface area contributed by atoms with E-state index < -0.39 is 0 Å². The lowest BCUT2D eigenvalue weighted by Gasteiger charge is -2.17. The Morgan fingerprint density at radius 3 is 2.65 bits per heavy atom. The number of amides is 2. The number of rotatable bonds is 7. The van der Waals surface area contributed by atoms with Gasteiger partial charge in [-0.05, 0) is 42.5 Å². The maximum atomic E-state index is 12.4. The number of nitrogens with two attached hydrogens (primary N) is 1. The second-order valence-corrected chi connectivity index (χ2v) is 6.58. The Balaban J connectivity index is 1.36. The smallest absolute Gasteiger partial charge is 0.227 e. The molecule has 0 bridgehead atoms. The normalized spacial score (nSPS) is 12.7. The van der Waals surface area contributed by atoms with E-state index in [1.54, 1.807) is 0 Å². The fourth-order valence-electron chi connectivity index (χ4n) is 3.30. The Hall–Kier alpha value is -2.82. The molecule has 3 rings (SSSR count). The molecule has 0 aliphatic carbocycles. The number of anilines is 2. The van der Waals surface area contributed by atoms with Crippen LogP contribution in [0.25, 0.3) is 0 Å². The molecule has 1 heterocycles. The van der Waals surface area contributed by atoms with Gasteiger partial charge in [-0.2, -0.15) is 0 Å². The van der Waals surface area contributed by atoms with Gasteiger partial charge in [0.1, 0.15) is 0 Å². The number of nitrogens with one attached hydrogen (secondary N) is 1. The first kappa shape index (κ1) is 18.0. The van der Waals surface area contributed by atoms with Gasteiger partial charge in [0.2, 0.25) is 11.8 Å². The molecule has 0 aromatic heterocycles. The quantitative estimate of drug-likeness (QED) is 0.595. The van der Waals surface area contributed by atoms with Crippen LogP contribution in [0.1, 0.15) is 30.4 Å². The minimum atomic E-state index is -0.00720. The molecule has 0 spiro atoms. The summed E-state index contributed by atoms with van der Waals surface area (Å²) in [5.74, 6) is 0.119. The van der Waals surface area contributed by atoms with Crippen LogP contribution in [0.3, 0.4) is 0 Å². The van der Waals surface area contributed by atoms with Gasteiger partial charge < -0.3 is 16.0 Å². The lowest BCUT2D eigenvalue weighted by Crippen LogP contribution is -2.30. The van der Waals surface area contributed by atoms with Crippen LogP contribution in [0, 0.1) is 0 Å². The number of carbonyl (C=O) groups is 2. The minimum Gasteiger partial charge on any atom is -0.399 e. The molecule has 1 aliphatic heterocycles. The molecule has 2 aromatic carbocycles. The number of para-hydroxylation sites is 2. The molecule has 0 saturated carbocycles. The topological polar surface area (TPSA) is 75.4 Å². The number of nitrogens with zero attached hydrogens (tertiary/aromatic N) is 1. The molecule has 0 atom stereocenters. The van der Waals surface area contributed by atoms with Crippen LogP contribution in [0.5, 0.6) is 0 Å². The van der Waals surface area contributed by atoms with E-state index in [1.807, 2.05) is 47.4 Å². The van der Waals surface area contributed by atoms with Crippen LogP contribution in [0.4, 0.5) is 11.4 Å². The largest absolute Gasteiger partial charge is 0.399 e. The number of hydrogen-bond acceptors (Lipinski definition) is 3. The van der Waals surface area contributed by atoms with E-state index in [2.05, 4.69) is 11.4 Å². The van der Waals surface area contributed by atoms with E-state index >= 15 is 0 Å². The zero-order chi connectivity index (χ0) is 18.4. The van der Waals surface area contributed by atoms with Crippen molar-refractivity contribution >= 4 is 23.2 Å². The minimum absolute atomic E-state index is 0.00720. The van der Waals surface area contributed by atoms with Gasteiger partial charge in [-0.15, -0.1) is 0 Å². The highest BCUT2D eigenvalue weighted by atomic mass is 16.2. The Morgan fingerprint density at radius 2 is 1.81 bits per heavy atom. The van der Waals surface area contributed by atoms with Crippen LogP contribution < -0.4 is 16.0 Å². The first-order chi connectivity index (χ1) is 12.6. The predicted octanol–water partition coefficient (Wildman–Crippen LogP) is 2.69. The van der Waals surface area contributed by atoms with E-state index in [-0.39, 0.29) is 11.8 Å². The van der Waals surface area contributed by atoms with Crippen molar-refractivity contribution in [1.82, 2.24) is 5.32 Å². The highest BCUT2D eigenvalue weighted by Gasteiger charge is 2.23. The van der Waals surface area contributed by atoms with Crippen LogP contribution in [0.15, 0.2) is 48.5 Å². The molecule has 0 unspecified atom stereocenters. The summed E-state index contributed by atoms with van der Waals surface area (Å²) >= 11 is 0. The molecule has 2 amide bonds. The third-order valence-corrected chi connectivity index (χ3v) is 4.75.